The monoisotopic (exact) mass is 458 g/mol. The van der Waals surface area contributed by atoms with Crippen molar-refractivity contribution >= 4 is 23.8 Å². The minimum atomic E-state index is -1.06. The number of carbonyl (C=O) groups is 2. The zero-order valence-electron chi connectivity index (χ0n) is 17.9. The number of phenolic OH excluding ortho intramolecular Hbond substituents is 1. The number of rotatable bonds is 2. The van der Waals surface area contributed by atoms with Gasteiger partial charge in [0, 0.05) is 56.8 Å². The fraction of sp³-hybridized carbons (Fsp3) is 0.455. The molecule has 9 nitrogen and oxygen atoms in total. The fourth-order valence-electron chi connectivity index (χ4n) is 4.78. The summed E-state index contributed by atoms with van der Waals surface area (Å²) in [5, 5.41) is 21.5. The number of piperidine rings is 1. The molecule has 0 spiro atoms. The van der Waals surface area contributed by atoms with Crippen LogP contribution in [-0.4, -0.2) is 82.7 Å². The molecule has 174 valence electrons. The lowest BCUT2D eigenvalue weighted by atomic mass is 9.99. The average molecular weight is 458 g/mol. The summed E-state index contributed by atoms with van der Waals surface area (Å²) >= 11 is 0. The van der Waals surface area contributed by atoms with Gasteiger partial charge in [0.15, 0.2) is 17.4 Å². The maximum absolute atomic E-state index is 13.8. The van der Waals surface area contributed by atoms with Crippen molar-refractivity contribution in [1.82, 2.24) is 20.0 Å². The second kappa shape index (κ2) is 8.45. The van der Waals surface area contributed by atoms with E-state index in [-0.39, 0.29) is 29.2 Å². The van der Waals surface area contributed by atoms with Crippen molar-refractivity contribution in [3.8, 4) is 17.0 Å². The highest BCUT2D eigenvalue weighted by atomic mass is 19.1. The van der Waals surface area contributed by atoms with Crippen LogP contribution in [0.5, 0.6) is 5.75 Å². The lowest BCUT2D eigenvalue weighted by Gasteiger charge is -2.47. The number of aromatic hydroxyl groups is 1. The van der Waals surface area contributed by atoms with Gasteiger partial charge in [-0.3, -0.25) is 0 Å². The lowest BCUT2D eigenvalue weighted by Crippen LogP contribution is -2.61. The fourth-order valence-corrected chi connectivity index (χ4v) is 4.78. The van der Waals surface area contributed by atoms with Crippen LogP contribution in [0.4, 0.5) is 25.1 Å². The van der Waals surface area contributed by atoms with Gasteiger partial charge in [0.2, 0.25) is 0 Å². The Kier molecular flexibility index (Phi) is 5.47. The molecule has 3 aliphatic rings. The van der Waals surface area contributed by atoms with Crippen molar-refractivity contribution in [2.24, 2.45) is 5.92 Å². The minimum absolute atomic E-state index is 0.0153. The molecule has 3 aliphatic heterocycles. The van der Waals surface area contributed by atoms with Crippen LogP contribution < -0.4 is 10.2 Å². The van der Waals surface area contributed by atoms with Crippen LogP contribution in [0.25, 0.3) is 11.3 Å². The molecule has 1 aromatic carbocycles. The SMILES string of the molecule is O=CC1CCN(C(=O)N2CCN3c4cc(-c5cc(F)cc(F)c5O)nnc4NC[C@H]3C2)CC1. The van der Waals surface area contributed by atoms with E-state index in [1.54, 1.807) is 6.07 Å². The van der Waals surface area contributed by atoms with Gasteiger partial charge in [-0.15, -0.1) is 10.2 Å². The second-order valence-electron chi connectivity index (χ2n) is 8.66. The molecule has 33 heavy (non-hydrogen) atoms. The molecule has 0 radical (unpaired) electrons. The maximum atomic E-state index is 13.8. The molecule has 0 bridgehead atoms. The maximum Gasteiger partial charge on any atom is 0.320 e. The van der Waals surface area contributed by atoms with Crippen LogP contribution in [0.15, 0.2) is 18.2 Å². The number of halogens is 2. The van der Waals surface area contributed by atoms with Crippen LogP contribution in [0.1, 0.15) is 12.8 Å². The van der Waals surface area contributed by atoms with E-state index in [2.05, 4.69) is 20.4 Å². The molecule has 11 heteroatoms. The molecule has 0 aliphatic carbocycles. The third kappa shape index (κ3) is 3.91. The summed E-state index contributed by atoms with van der Waals surface area (Å²) in [6.07, 6.45) is 2.37. The normalized spacial score (nSPS) is 20.7. The van der Waals surface area contributed by atoms with E-state index in [4.69, 9.17) is 0 Å². The first-order chi connectivity index (χ1) is 15.9. The van der Waals surface area contributed by atoms with Crippen LogP contribution in [0.3, 0.4) is 0 Å². The molecular weight excluding hydrogens is 434 g/mol. The second-order valence-corrected chi connectivity index (χ2v) is 8.66. The molecule has 2 saturated heterocycles. The largest absolute Gasteiger partial charge is 0.504 e. The zero-order chi connectivity index (χ0) is 23.1. The minimum Gasteiger partial charge on any atom is -0.504 e. The number of piperazine rings is 1. The Hall–Kier alpha value is -3.50. The van der Waals surface area contributed by atoms with Gasteiger partial charge < -0.3 is 29.9 Å². The third-order valence-corrected chi connectivity index (χ3v) is 6.65. The van der Waals surface area contributed by atoms with Gasteiger partial charge in [-0.2, -0.15) is 0 Å². The number of nitrogens with one attached hydrogen (secondary N) is 1. The summed E-state index contributed by atoms with van der Waals surface area (Å²) in [6.45, 7) is 3.32. The van der Waals surface area contributed by atoms with Crippen LogP contribution >= 0.6 is 0 Å². The number of amides is 2. The standard InChI is InChI=1S/C22H24F2N6O3/c23-14-7-16(20(32)17(24)8-14)18-9-19-21(27-26-18)25-10-15-11-29(5-6-30(15)19)22(33)28-3-1-13(12-31)2-4-28/h7-9,12-13,15,32H,1-6,10-11H2,(H,25,27)/t15-/m0/s1. The summed E-state index contributed by atoms with van der Waals surface area (Å²) < 4.78 is 27.6. The number of hydrogen-bond donors (Lipinski definition) is 2. The first kappa shape index (κ1) is 21.4. The summed E-state index contributed by atoms with van der Waals surface area (Å²) in [5.41, 5.74) is 0.792. The van der Waals surface area contributed by atoms with Gasteiger partial charge in [-0.05, 0) is 25.0 Å². The first-order valence-corrected chi connectivity index (χ1v) is 11.0. The van der Waals surface area contributed by atoms with Gasteiger partial charge >= 0.3 is 6.03 Å². The molecule has 2 fully saturated rings. The van der Waals surface area contributed by atoms with Crippen LogP contribution in [0, 0.1) is 17.6 Å². The van der Waals surface area contributed by atoms with Crippen LogP contribution in [-0.2, 0) is 4.79 Å². The van der Waals surface area contributed by atoms with E-state index >= 15 is 0 Å². The Morgan fingerprint density at radius 1 is 1.09 bits per heavy atom. The number of aromatic nitrogens is 2. The molecule has 5 rings (SSSR count). The van der Waals surface area contributed by atoms with E-state index < -0.39 is 17.4 Å². The first-order valence-electron chi connectivity index (χ1n) is 11.0. The highest BCUT2D eigenvalue weighted by Gasteiger charge is 2.36. The lowest BCUT2D eigenvalue weighted by molar-refractivity contribution is -0.112. The van der Waals surface area contributed by atoms with Crippen molar-refractivity contribution < 1.29 is 23.5 Å². The molecule has 1 atom stereocenters. The Morgan fingerprint density at radius 2 is 1.88 bits per heavy atom. The number of hydrogen-bond acceptors (Lipinski definition) is 7. The Morgan fingerprint density at radius 3 is 2.64 bits per heavy atom. The van der Waals surface area contributed by atoms with Crippen molar-refractivity contribution in [1.29, 1.82) is 0 Å². The number of phenols is 1. The smallest absolute Gasteiger partial charge is 0.320 e. The molecule has 0 unspecified atom stereocenters. The van der Waals surface area contributed by atoms with Gasteiger partial charge in [-0.25, -0.2) is 13.6 Å². The number of anilines is 2. The van der Waals surface area contributed by atoms with E-state index in [1.165, 1.54) is 0 Å². The van der Waals surface area contributed by atoms with E-state index in [0.29, 0.717) is 69.7 Å². The number of likely N-dealkylation sites (tertiary alicyclic amines) is 1. The van der Waals surface area contributed by atoms with E-state index in [0.717, 1.165) is 12.4 Å². The number of aldehydes is 1. The molecule has 2 amide bonds. The summed E-state index contributed by atoms with van der Waals surface area (Å²) in [5.74, 6) is -1.99. The average Bonchev–Trinajstić information content (AvgIpc) is 2.85. The Balaban J connectivity index is 1.34. The highest BCUT2D eigenvalue weighted by Crippen LogP contribution is 2.37. The predicted octanol–water partition coefficient (Wildman–Crippen LogP) is 2.07. The van der Waals surface area contributed by atoms with Gasteiger partial charge in [0.05, 0.1) is 17.4 Å². The van der Waals surface area contributed by atoms with Crippen molar-refractivity contribution in [3.63, 3.8) is 0 Å². The molecular formula is C22H24F2N6O3. The zero-order valence-corrected chi connectivity index (χ0v) is 17.9. The van der Waals surface area contributed by atoms with Gasteiger partial charge in [-0.1, -0.05) is 0 Å². The number of carbonyl (C=O) groups excluding carboxylic acids is 2. The van der Waals surface area contributed by atoms with Crippen molar-refractivity contribution in [2.75, 3.05) is 49.5 Å². The van der Waals surface area contributed by atoms with E-state index in [1.807, 2.05) is 9.80 Å². The quantitative estimate of drug-likeness (QED) is 0.665. The van der Waals surface area contributed by atoms with Crippen LogP contribution in [0.2, 0.25) is 0 Å². The number of fused-ring (bicyclic) bond motifs is 3. The predicted molar refractivity (Wildman–Crippen MR) is 116 cm³/mol. The summed E-state index contributed by atoms with van der Waals surface area (Å²) in [6, 6.07) is 3.25. The Labute approximate surface area is 189 Å². The van der Waals surface area contributed by atoms with E-state index in [9.17, 15) is 23.5 Å². The number of urea groups is 1. The summed E-state index contributed by atoms with van der Waals surface area (Å²) in [4.78, 5) is 29.7. The highest BCUT2D eigenvalue weighted by molar-refractivity contribution is 5.78. The van der Waals surface area contributed by atoms with Crippen molar-refractivity contribution in [2.45, 2.75) is 18.9 Å². The molecule has 2 aromatic rings. The Bertz CT molecular complexity index is 1090. The van der Waals surface area contributed by atoms with Gasteiger partial charge in [0.1, 0.15) is 12.1 Å². The molecule has 0 saturated carbocycles. The topological polar surface area (TPSA) is 102 Å². The molecule has 4 heterocycles. The molecule has 2 N–H and O–H groups in total. The summed E-state index contributed by atoms with van der Waals surface area (Å²) in [7, 11) is 0. The number of nitrogens with zero attached hydrogens (tertiary/aromatic N) is 5. The number of benzene rings is 1. The van der Waals surface area contributed by atoms with Crippen molar-refractivity contribution in [3.05, 3.63) is 29.8 Å². The third-order valence-electron chi connectivity index (χ3n) is 6.65. The van der Waals surface area contributed by atoms with Gasteiger partial charge in [0.25, 0.3) is 0 Å². The molecule has 1 aromatic heterocycles.